The fourth-order valence-corrected chi connectivity index (χ4v) is 4.94. The number of rotatable bonds is 5. The van der Waals surface area contributed by atoms with Gasteiger partial charge in [-0.1, -0.05) is 12.8 Å². The highest BCUT2D eigenvalue weighted by molar-refractivity contribution is 5.74. The van der Waals surface area contributed by atoms with E-state index in [0.29, 0.717) is 13.2 Å². The zero-order valence-corrected chi connectivity index (χ0v) is 18.1. The number of pyridine rings is 1. The van der Waals surface area contributed by atoms with Gasteiger partial charge in [0.25, 0.3) is 0 Å². The van der Waals surface area contributed by atoms with E-state index in [-0.39, 0.29) is 17.7 Å². The number of nitrogens with one attached hydrogen (secondary N) is 2. The monoisotopic (exact) mass is 417 g/mol. The van der Waals surface area contributed by atoms with Crippen LogP contribution in [0.2, 0.25) is 0 Å². The van der Waals surface area contributed by atoms with Gasteiger partial charge in [-0.2, -0.15) is 0 Å². The van der Waals surface area contributed by atoms with E-state index in [2.05, 4.69) is 37.6 Å². The highest BCUT2D eigenvalue weighted by Crippen LogP contribution is 2.35. The summed E-state index contributed by atoms with van der Waals surface area (Å²) in [5.41, 5.74) is 0.981. The molecular weight excluding hydrogens is 382 g/mol. The highest BCUT2D eigenvalue weighted by atomic mass is 16.5. The number of urea groups is 1. The molecule has 4 rings (SSSR count). The molecule has 1 spiro atoms. The molecular formula is C22H35N5O3. The van der Waals surface area contributed by atoms with Crippen molar-refractivity contribution in [1.29, 1.82) is 0 Å². The quantitative estimate of drug-likeness (QED) is 0.760. The van der Waals surface area contributed by atoms with E-state index >= 15 is 0 Å². The van der Waals surface area contributed by atoms with Crippen molar-refractivity contribution in [1.82, 2.24) is 20.5 Å². The summed E-state index contributed by atoms with van der Waals surface area (Å²) in [6.45, 7) is 9.21. The molecule has 8 nitrogen and oxygen atoms in total. The number of hydrogen-bond acceptors (Lipinski definition) is 6. The van der Waals surface area contributed by atoms with E-state index in [0.717, 1.165) is 77.4 Å². The molecule has 3 fully saturated rings. The average Bonchev–Trinajstić information content (AvgIpc) is 2.77. The molecule has 30 heavy (non-hydrogen) atoms. The fraction of sp³-hybridized carbons (Fsp3) is 0.727. The lowest BCUT2D eigenvalue weighted by molar-refractivity contribution is -0.142. The topological polar surface area (TPSA) is 79.0 Å². The summed E-state index contributed by atoms with van der Waals surface area (Å²) < 4.78 is 11.8. The van der Waals surface area contributed by atoms with Gasteiger partial charge >= 0.3 is 6.03 Å². The number of aromatic nitrogens is 1. The third kappa shape index (κ3) is 5.04. The molecule has 3 aliphatic rings. The predicted octanol–water partition coefficient (Wildman–Crippen LogP) is 1.75. The number of carbonyl (C=O) groups is 1. The summed E-state index contributed by atoms with van der Waals surface area (Å²) in [6.07, 6.45) is 6.17. The van der Waals surface area contributed by atoms with Crippen LogP contribution < -0.4 is 15.5 Å². The second-order valence-corrected chi connectivity index (χ2v) is 8.55. The van der Waals surface area contributed by atoms with Crippen molar-refractivity contribution in [2.75, 3.05) is 57.4 Å². The first-order valence-corrected chi connectivity index (χ1v) is 11.4. The third-order valence-corrected chi connectivity index (χ3v) is 6.46. The number of nitrogens with zero attached hydrogens (tertiary/aromatic N) is 3. The maximum Gasteiger partial charge on any atom is 0.315 e. The van der Waals surface area contributed by atoms with Gasteiger partial charge in [0.05, 0.1) is 25.9 Å². The number of carbonyl (C=O) groups excluding carboxylic acids is 1. The lowest BCUT2D eigenvalue weighted by Crippen LogP contribution is -2.64. The van der Waals surface area contributed by atoms with Gasteiger partial charge in [0, 0.05) is 45.5 Å². The summed E-state index contributed by atoms with van der Waals surface area (Å²) in [4.78, 5) is 21.5. The Morgan fingerprint density at radius 1 is 1.27 bits per heavy atom. The molecule has 1 aromatic rings. The van der Waals surface area contributed by atoms with Crippen LogP contribution >= 0.6 is 0 Å². The van der Waals surface area contributed by atoms with E-state index in [1.807, 2.05) is 13.1 Å². The maximum atomic E-state index is 12.2. The molecule has 166 valence electrons. The van der Waals surface area contributed by atoms with Crippen LogP contribution in [-0.2, 0) is 16.0 Å². The summed E-state index contributed by atoms with van der Waals surface area (Å²) in [7, 11) is 0. The Bertz CT molecular complexity index is 708. The second kappa shape index (κ2) is 9.94. The molecule has 2 saturated heterocycles. The molecule has 0 radical (unpaired) electrons. The van der Waals surface area contributed by atoms with Crippen molar-refractivity contribution in [2.45, 2.75) is 50.8 Å². The molecule has 2 N–H and O–H groups in total. The fourth-order valence-electron chi connectivity index (χ4n) is 4.94. The number of ether oxygens (including phenoxy) is 2. The van der Waals surface area contributed by atoms with Crippen molar-refractivity contribution in [2.24, 2.45) is 0 Å². The standard InChI is InChI=1S/C22H35N5O3/c1-2-23-21(28)25-19-5-3-4-7-22(19)17-26(9-14-30-22)16-18-6-8-24-20(15-18)27-10-12-29-13-11-27/h6,8,15,19H,2-5,7,9-14,16-17H2,1H3,(H2,23,25,28)/t19-,22-/m1/s1. The second-order valence-electron chi connectivity index (χ2n) is 8.55. The summed E-state index contributed by atoms with van der Waals surface area (Å²) in [5, 5.41) is 6.05. The van der Waals surface area contributed by atoms with E-state index in [4.69, 9.17) is 9.47 Å². The van der Waals surface area contributed by atoms with Crippen molar-refractivity contribution in [3.8, 4) is 0 Å². The maximum absolute atomic E-state index is 12.2. The Balaban J connectivity index is 1.42. The number of anilines is 1. The number of hydrogen-bond donors (Lipinski definition) is 2. The zero-order chi connectivity index (χ0) is 20.8. The lowest BCUT2D eigenvalue weighted by atomic mass is 9.79. The van der Waals surface area contributed by atoms with E-state index in [9.17, 15) is 4.79 Å². The van der Waals surface area contributed by atoms with Crippen LogP contribution in [-0.4, -0.2) is 80.1 Å². The zero-order valence-electron chi connectivity index (χ0n) is 18.1. The van der Waals surface area contributed by atoms with Gasteiger partial charge in [0.15, 0.2) is 0 Å². The van der Waals surface area contributed by atoms with Crippen molar-refractivity contribution in [3.63, 3.8) is 0 Å². The number of amides is 2. The summed E-state index contributed by atoms with van der Waals surface area (Å²) >= 11 is 0. The van der Waals surface area contributed by atoms with Crippen LogP contribution in [0.25, 0.3) is 0 Å². The SMILES string of the molecule is CCNC(=O)N[C@@H]1CCCC[C@@]12CN(Cc1ccnc(N3CCOCC3)c1)CCO2. The molecule has 1 saturated carbocycles. The van der Waals surface area contributed by atoms with Crippen LogP contribution in [0.15, 0.2) is 18.3 Å². The number of morpholine rings is 2. The Labute approximate surface area is 179 Å². The summed E-state index contributed by atoms with van der Waals surface area (Å²) in [5.74, 6) is 1.03. The largest absolute Gasteiger partial charge is 0.378 e. The third-order valence-electron chi connectivity index (χ3n) is 6.46. The van der Waals surface area contributed by atoms with Crippen LogP contribution in [0.4, 0.5) is 10.6 Å². The van der Waals surface area contributed by atoms with Crippen LogP contribution in [0.1, 0.15) is 38.2 Å². The van der Waals surface area contributed by atoms with Gasteiger partial charge in [-0.15, -0.1) is 0 Å². The average molecular weight is 418 g/mol. The van der Waals surface area contributed by atoms with Crippen molar-refractivity contribution in [3.05, 3.63) is 23.9 Å². The van der Waals surface area contributed by atoms with Crippen molar-refractivity contribution < 1.29 is 14.3 Å². The Morgan fingerprint density at radius 2 is 2.13 bits per heavy atom. The Hall–Kier alpha value is -1.90. The molecule has 3 heterocycles. The van der Waals surface area contributed by atoms with Crippen molar-refractivity contribution >= 4 is 11.8 Å². The van der Waals surface area contributed by atoms with Gasteiger partial charge in [-0.25, -0.2) is 9.78 Å². The Morgan fingerprint density at radius 3 is 2.97 bits per heavy atom. The van der Waals surface area contributed by atoms with E-state index in [1.165, 1.54) is 5.56 Å². The van der Waals surface area contributed by atoms with Gasteiger partial charge < -0.3 is 25.0 Å². The molecule has 0 aromatic carbocycles. The minimum absolute atomic E-state index is 0.0574. The minimum Gasteiger partial charge on any atom is -0.378 e. The van der Waals surface area contributed by atoms with Crippen LogP contribution in [0.5, 0.6) is 0 Å². The van der Waals surface area contributed by atoms with E-state index < -0.39 is 0 Å². The Kier molecular flexibility index (Phi) is 7.07. The van der Waals surface area contributed by atoms with E-state index in [1.54, 1.807) is 0 Å². The van der Waals surface area contributed by atoms with Gasteiger partial charge in [-0.3, -0.25) is 4.90 Å². The van der Waals surface area contributed by atoms with Gasteiger partial charge in [-0.05, 0) is 37.5 Å². The molecule has 8 heteroatoms. The first kappa shape index (κ1) is 21.3. The first-order valence-electron chi connectivity index (χ1n) is 11.4. The minimum atomic E-state index is -0.290. The summed E-state index contributed by atoms with van der Waals surface area (Å²) in [6, 6.07) is 4.28. The molecule has 0 bridgehead atoms. The van der Waals surface area contributed by atoms with Gasteiger partial charge in [0.2, 0.25) is 0 Å². The molecule has 2 amide bonds. The molecule has 2 aliphatic heterocycles. The van der Waals surface area contributed by atoms with Gasteiger partial charge in [0.1, 0.15) is 11.4 Å². The molecule has 1 aromatic heterocycles. The predicted molar refractivity (Wildman–Crippen MR) is 116 cm³/mol. The first-order chi connectivity index (χ1) is 14.7. The smallest absolute Gasteiger partial charge is 0.315 e. The molecule has 0 unspecified atom stereocenters. The molecule has 2 atom stereocenters. The molecule has 1 aliphatic carbocycles. The normalized spacial score (nSPS) is 27.8. The lowest BCUT2D eigenvalue weighted by Gasteiger charge is -2.49. The van der Waals surface area contributed by atoms with Crippen LogP contribution in [0.3, 0.4) is 0 Å². The van der Waals surface area contributed by atoms with Crippen LogP contribution in [0, 0.1) is 0 Å². The highest BCUT2D eigenvalue weighted by Gasteiger charge is 2.45.